The molecule has 0 aliphatic carbocycles. The topological polar surface area (TPSA) is 94.4 Å². The first kappa shape index (κ1) is 21.1. The van der Waals surface area contributed by atoms with Gasteiger partial charge in [0.2, 0.25) is 5.91 Å². The lowest BCUT2D eigenvalue weighted by molar-refractivity contribution is -0.385. The number of nitrogens with one attached hydrogen (secondary N) is 1. The number of aromatic nitrogens is 1. The van der Waals surface area contributed by atoms with Crippen molar-refractivity contribution in [2.75, 3.05) is 18.5 Å². The van der Waals surface area contributed by atoms with E-state index in [2.05, 4.69) is 10.3 Å². The number of anilines is 1. The van der Waals surface area contributed by atoms with Crippen molar-refractivity contribution in [2.45, 2.75) is 25.2 Å². The SMILES string of the molecule is Cc1ccc(-c2csc(NC(=O)C3(c4ccc(F)cc4)CCOCC3)n2)cc1[N+](=O)[O-]. The molecule has 0 saturated carbocycles. The average molecular weight is 441 g/mol. The highest BCUT2D eigenvalue weighted by Crippen LogP contribution is 2.37. The van der Waals surface area contributed by atoms with Crippen molar-refractivity contribution in [1.29, 1.82) is 0 Å². The Kier molecular flexibility index (Phi) is 5.79. The lowest BCUT2D eigenvalue weighted by Gasteiger charge is -2.36. The van der Waals surface area contributed by atoms with E-state index in [9.17, 15) is 19.3 Å². The number of nitrogens with zero attached hydrogens (tertiary/aromatic N) is 2. The standard InChI is InChI=1S/C22H20FN3O4S/c1-14-2-3-15(12-19(14)26(28)29)18-13-31-21(24-18)25-20(27)22(8-10-30-11-9-22)16-4-6-17(23)7-5-16/h2-7,12-13H,8-11H2,1H3,(H,24,25,27). The fourth-order valence-corrected chi connectivity index (χ4v) is 4.50. The molecular formula is C22H20FN3O4S. The number of carbonyl (C=O) groups is 1. The molecule has 1 amide bonds. The van der Waals surface area contributed by atoms with Gasteiger partial charge >= 0.3 is 0 Å². The van der Waals surface area contributed by atoms with Crippen LogP contribution < -0.4 is 5.32 Å². The van der Waals surface area contributed by atoms with Gasteiger partial charge in [0.15, 0.2) is 5.13 Å². The Bertz CT molecular complexity index is 1120. The van der Waals surface area contributed by atoms with E-state index in [1.165, 1.54) is 29.5 Å². The highest BCUT2D eigenvalue weighted by Gasteiger charge is 2.42. The number of aryl methyl sites for hydroxylation is 1. The molecule has 0 bridgehead atoms. The van der Waals surface area contributed by atoms with E-state index in [0.717, 1.165) is 5.56 Å². The maximum atomic E-state index is 13.4. The molecule has 0 atom stereocenters. The number of rotatable bonds is 5. The first-order valence-corrected chi connectivity index (χ1v) is 10.6. The summed E-state index contributed by atoms with van der Waals surface area (Å²) in [7, 11) is 0. The van der Waals surface area contributed by atoms with Crippen LogP contribution >= 0.6 is 11.3 Å². The molecule has 0 radical (unpaired) electrons. The van der Waals surface area contributed by atoms with E-state index in [1.54, 1.807) is 36.6 Å². The molecule has 31 heavy (non-hydrogen) atoms. The normalized spacial score (nSPS) is 15.4. The molecule has 7 nitrogen and oxygen atoms in total. The number of thiazole rings is 1. The minimum atomic E-state index is -0.833. The van der Waals surface area contributed by atoms with E-state index < -0.39 is 10.3 Å². The van der Waals surface area contributed by atoms with Crippen LogP contribution in [0.15, 0.2) is 47.8 Å². The molecule has 1 aromatic heterocycles. The number of nitro groups is 1. The number of halogens is 1. The molecule has 1 N–H and O–H groups in total. The van der Waals surface area contributed by atoms with Crippen molar-refractivity contribution >= 4 is 28.1 Å². The monoisotopic (exact) mass is 441 g/mol. The van der Waals surface area contributed by atoms with E-state index in [0.29, 0.717) is 48.0 Å². The number of carbonyl (C=O) groups excluding carboxylic acids is 1. The maximum Gasteiger partial charge on any atom is 0.272 e. The third-order valence-electron chi connectivity index (χ3n) is 5.60. The van der Waals surface area contributed by atoms with Gasteiger partial charge in [-0.2, -0.15) is 0 Å². The summed E-state index contributed by atoms with van der Waals surface area (Å²) < 4.78 is 18.9. The molecule has 9 heteroatoms. The Morgan fingerprint density at radius 3 is 2.61 bits per heavy atom. The van der Waals surface area contributed by atoms with Crippen LogP contribution in [0.3, 0.4) is 0 Å². The summed E-state index contributed by atoms with van der Waals surface area (Å²) in [5.74, 6) is -0.582. The second-order valence-electron chi connectivity index (χ2n) is 7.45. The molecule has 4 rings (SSSR count). The maximum absolute atomic E-state index is 13.4. The number of hydrogen-bond acceptors (Lipinski definition) is 6. The highest BCUT2D eigenvalue weighted by molar-refractivity contribution is 7.14. The van der Waals surface area contributed by atoms with Gasteiger partial charge in [0, 0.05) is 35.8 Å². The summed E-state index contributed by atoms with van der Waals surface area (Å²) in [4.78, 5) is 28.6. The van der Waals surface area contributed by atoms with Crippen molar-refractivity contribution < 1.29 is 18.8 Å². The number of hydrogen-bond donors (Lipinski definition) is 1. The predicted molar refractivity (Wildman–Crippen MR) is 116 cm³/mol. The number of amides is 1. The Hall–Kier alpha value is -3.17. The van der Waals surface area contributed by atoms with Crippen LogP contribution in [0, 0.1) is 22.9 Å². The summed E-state index contributed by atoms with van der Waals surface area (Å²) in [6, 6.07) is 10.9. The Balaban J connectivity index is 1.60. The predicted octanol–water partition coefficient (Wildman–Crippen LogP) is 4.85. The van der Waals surface area contributed by atoms with Crippen LogP contribution in [-0.2, 0) is 14.9 Å². The molecule has 1 saturated heterocycles. The van der Waals surface area contributed by atoms with Crippen molar-refractivity contribution in [3.05, 3.63) is 74.9 Å². The fourth-order valence-electron chi connectivity index (χ4n) is 3.78. The quantitative estimate of drug-likeness (QED) is 0.451. The molecule has 160 valence electrons. The third kappa shape index (κ3) is 4.19. The minimum absolute atomic E-state index is 0.0218. The number of benzene rings is 2. The van der Waals surface area contributed by atoms with Crippen molar-refractivity contribution in [3.63, 3.8) is 0 Å². The first-order chi connectivity index (χ1) is 14.9. The summed E-state index contributed by atoms with van der Waals surface area (Å²) in [6.45, 7) is 2.54. The summed E-state index contributed by atoms with van der Waals surface area (Å²) in [5.41, 5.74) is 1.65. The summed E-state index contributed by atoms with van der Waals surface area (Å²) in [5, 5.41) is 16.3. The van der Waals surface area contributed by atoms with Crippen LogP contribution in [0.5, 0.6) is 0 Å². The smallest absolute Gasteiger partial charge is 0.272 e. The molecule has 0 unspecified atom stereocenters. The Morgan fingerprint density at radius 2 is 1.94 bits per heavy atom. The summed E-state index contributed by atoms with van der Waals surface area (Å²) in [6.07, 6.45) is 0.958. The van der Waals surface area contributed by atoms with Gasteiger partial charge in [0.1, 0.15) is 5.82 Å². The van der Waals surface area contributed by atoms with E-state index in [-0.39, 0.29) is 17.4 Å². The van der Waals surface area contributed by atoms with E-state index in [4.69, 9.17) is 4.74 Å². The zero-order valence-corrected chi connectivity index (χ0v) is 17.6. The Labute approximate surface area is 182 Å². The molecule has 2 heterocycles. The lowest BCUT2D eigenvalue weighted by atomic mass is 9.73. The van der Waals surface area contributed by atoms with Gasteiger partial charge < -0.3 is 10.1 Å². The van der Waals surface area contributed by atoms with Crippen molar-refractivity contribution in [1.82, 2.24) is 4.98 Å². The number of nitro benzene ring substituents is 1. The average Bonchev–Trinajstić information content (AvgIpc) is 3.23. The molecule has 1 fully saturated rings. The van der Waals surface area contributed by atoms with Gasteiger partial charge in [0.05, 0.1) is 16.0 Å². The van der Waals surface area contributed by atoms with Gasteiger partial charge in [-0.15, -0.1) is 11.3 Å². The van der Waals surface area contributed by atoms with Gasteiger partial charge in [-0.3, -0.25) is 14.9 Å². The van der Waals surface area contributed by atoms with Crippen LogP contribution in [-0.4, -0.2) is 29.0 Å². The molecule has 3 aromatic rings. The molecule has 0 spiro atoms. The fraction of sp³-hybridized carbons (Fsp3) is 0.273. The molecule has 2 aromatic carbocycles. The van der Waals surface area contributed by atoms with Crippen molar-refractivity contribution in [2.24, 2.45) is 0 Å². The molecule has 1 aliphatic heterocycles. The van der Waals surface area contributed by atoms with E-state index in [1.807, 2.05) is 0 Å². The zero-order valence-electron chi connectivity index (χ0n) is 16.8. The van der Waals surface area contributed by atoms with Gasteiger partial charge in [-0.25, -0.2) is 9.37 Å². The lowest BCUT2D eigenvalue weighted by Crippen LogP contribution is -2.44. The largest absolute Gasteiger partial charge is 0.381 e. The first-order valence-electron chi connectivity index (χ1n) is 9.75. The van der Waals surface area contributed by atoms with Gasteiger partial charge in [0.25, 0.3) is 5.69 Å². The molecular weight excluding hydrogens is 421 g/mol. The summed E-state index contributed by atoms with van der Waals surface area (Å²) >= 11 is 1.25. The van der Waals surface area contributed by atoms with Gasteiger partial charge in [-0.05, 0) is 37.5 Å². The zero-order chi connectivity index (χ0) is 22.0. The van der Waals surface area contributed by atoms with E-state index >= 15 is 0 Å². The number of ether oxygens (including phenoxy) is 1. The highest BCUT2D eigenvalue weighted by atomic mass is 32.1. The second kappa shape index (κ2) is 8.52. The van der Waals surface area contributed by atoms with Crippen molar-refractivity contribution in [3.8, 4) is 11.3 Å². The van der Waals surface area contributed by atoms with Crippen LogP contribution in [0.4, 0.5) is 15.2 Å². The van der Waals surface area contributed by atoms with Crippen LogP contribution in [0.1, 0.15) is 24.0 Å². The third-order valence-corrected chi connectivity index (χ3v) is 6.36. The second-order valence-corrected chi connectivity index (χ2v) is 8.31. The Morgan fingerprint density at radius 1 is 1.23 bits per heavy atom. The van der Waals surface area contributed by atoms with Crippen LogP contribution in [0.25, 0.3) is 11.3 Å². The minimum Gasteiger partial charge on any atom is -0.381 e. The molecule has 1 aliphatic rings. The van der Waals surface area contributed by atoms with Gasteiger partial charge in [-0.1, -0.05) is 24.3 Å². The van der Waals surface area contributed by atoms with Crippen LogP contribution in [0.2, 0.25) is 0 Å².